The number of benzene rings is 2. The Kier molecular flexibility index (Phi) is 4.49. The number of rotatable bonds is 4. The van der Waals surface area contributed by atoms with E-state index >= 15 is 0 Å². The maximum Gasteiger partial charge on any atom is 0.120 e. The Labute approximate surface area is 148 Å². The number of methoxy groups -OCH3 is 1. The molecule has 0 atom stereocenters. The van der Waals surface area contributed by atoms with E-state index in [9.17, 15) is 0 Å². The second kappa shape index (κ2) is 6.59. The Morgan fingerprint density at radius 2 is 1.80 bits per heavy atom. The molecule has 0 spiro atoms. The molecular weight excluding hydrogens is 312 g/mol. The first-order valence-corrected chi connectivity index (χ1v) is 8.30. The van der Waals surface area contributed by atoms with Crippen molar-refractivity contribution in [2.45, 2.75) is 32.7 Å². The number of anilines is 1. The highest BCUT2D eigenvalue weighted by atomic mass is 16.5. The second-order valence-electron chi connectivity index (χ2n) is 7.20. The van der Waals surface area contributed by atoms with Crippen molar-refractivity contribution in [3.63, 3.8) is 0 Å². The van der Waals surface area contributed by atoms with E-state index < -0.39 is 0 Å². The molecule has 3 aromatic rings. The second-order valence-corrected chi connectivity index (χ2v) is 7.20. The Hall–Kier alpha value is -2.82. The largest absolute Gasteiger partial charge is 0.497 e. The average molecular weight is 336 g/mol. The van der Waals surface area contributed by atoms with Gasteiger partial charge in [0.15, 0.2) is 0 Å². The van der Waals surface area contributed by atoms with Gasteiger partial charge in [-0.3, -0.25) is 0 Å². The summed E-state index contributed by atoms with van der Waals surface area (Å²) in [5.41, 5.74) is 11.0. The standard InChI is InChI=1S/C20H24N4O/c1-20(2,3)15-7-5-14(6-8-15)12-24-13-19(22-23-24)17-10-9-16(25-4)11-18(17)21/h5-11,13H,12,21H2,1-4H3. The van der Waals surface area contributed by atoms with E-state index in [4.69, 9.17) is 10.5 Å². The Bertz CT molecular complexity index is 860. The van der Waals surface area contributed by atoms with Crippen LogP contribution in [0, 0.1) is 0 Å². The summed E-state index contributed by atoms with van der Waals surface area (Å²) in [6.45, 7) is 7.31. The van der Waals surface area contributed by atoms with Crippen LogP contribution in [0.25, 0.3) is 11.3 Å². The number of hydrogen-bond acceptors (Lipinski definition) is 4. The van der Waals surface area contributed by atoms with Crippen molar-refractivity contribution < 1.29 is 4.74 Å². The zero-order valence-corrected chi connectivity index (χ0v) is 15.2. The lowest BCUT2D eigenvalue weighted by Crippen LogP contribution is -2.11. The molecule has 25 heavy (non-hydrogen) atoms. The predicted molar refractivity (Wildman–Crippen MR) is 101 cm³/mol. The maximum absolute atomic E-state index is 6.09. The number of ether oxygens (including phenoxy) is 1. The molecule has 0 unspecified atom stereocenters. The van der Waals surface area contributed by atoms with Crippen LogP contribution in [0.2, 0.25) is 0 Å². The van der Waals surface area contributed by atoms with Gasteiger partial charge < -0.3 is 10.5 Å². The van der Waals surface area contributed by atoms with Crippen molar-refractivity contribution >= 4 is 5.69 Å². The Morgan fingerprint density at radius 3 is 2.40 bits per heavy atom. The normalized spacial score (nSPS) is 11.5. The van der Waals surface area contributed by atoms with E-state index in [1.807, 2.05) is 23.0 Å². The lowest BCUT2D eigenvalue weighted by atomic mass is 9.87. The van der Waals surface area contributed by atoms with E-state index in [1.54, 1.807) is 13.2 Å². The molecule has 0 aliphatic rings. The third-order valence-electron chi connectivity index (χ3n) is 4.24. The highest BCUT2D eigenvalue weighted by Gasteiger charge is 2.13. The van der Waals surface area contributed by atoms with Gasteiger partial charge in [-0.05, 0) is 28.7 Å². The number of hydrogen-bond donors (Lipinski definition) is 1. The van der Waals surface area contributed by atoms with Gasteiger partial charge >= 0.3 is 0 Å². The fraction of sp³-hybridized carbons (Fsp3) is 0.300. The van der Waals surface area contributed by atoms with Crippen LogP contribution in [-0.4, -0.2) is 22.1 Å². The van der Waals surface area contributed by atoms with Crippen LogP contribution in [0.15, 0.2) is 48.7 Å². The van der Waals surface area contributed by atoms with Crippen LogP contribution < -0.4 is 10.5 Å². The first kappa shape index (κ1) is 17.0. The van der Waals surface area contributed by atoms with Crippen molar-refractivity contribution in [2.75, 3.05) is 12.8 Å². The van der Waals surface area contributed by atoms with E-state index in [2.05, 4.69) is 55.3 Å². The van der Waals surface area contributed by atoms with Crippen molar-refractivity contribution in [3.8, 4) is 17.0 Å². The van der Waals surface area contributed by atoms with Crippen LogP contribution in [0.3, 0.4) is 0 Å². The lowest BCUT2D eigenvalue weighted by molar-refractivity contribution is 0.415. The fourth-order valence-electron chi connectivity index (χ4n) is 2.70. The van der Waals surface area contributed by atoms with Gasteiger partial charge in [-0.25, -0.2) is 4.68 Å². The highest BCUT2D eigenvalue weighted by molar-refractivity contribution is 5.74. The van der Waals surface area contributed by atoms with Gasteiger partial charge in [-0.15, -0.1) is 5.10 Å². The summed E-state index contributed by atoms with van der Waals surface area (Å²) in [5.74, 6) is 0.729. The third-order valence-corrected chi connectivity index (χ3v) is 4.24. The van der Waals surface area contributed by atoms with Gasteiger partial charge in [0.25, 0.3) is 0 Å². The molecule has 0 radical (unpaired) electrons. The number of nitrogen functional groups attached to an aromatic ring is 1. The van der Waals surface area contributed by atoms with Crippen molar-refractivity contribution in [1.82, 2.24) is 15.0 Å². The van der Waals surface area contributed by atoms with Gasteiger partial charge in [0.1, 0.15) is 11.4 Å². The smallest absolute Gasteiger partial charge is 0.120 e. The summed E-state index contributed by atoms with van der Waals surface area (Å²) in [4.78, 5) is 0. The van der Waals surface area contributed by atoms with E-state index in [1.165, 1.54) is 11.1 Å². The quantitative estimate of drug-likeness (QED) is 0.734. The number of aromatic nitrogens is 3. The lowest BCUT2D eigenvalue weighted by Gasteiger charge is -2.19. The van der Waals surface area contributed by atoms with Crippen molar-refractivity contribution in [3.05, 3.63) is 59.8 Å². The van der Waals surface area contributed by atoms with Gasteiger partial charge in [-0.2, -0.15) is 0 Å². The summed E-state index contributed by atoms with van der Waals surface area (Å²) < 4.78 is 7.01. The minimum Gasteiger partial charge on any atom is -0.497 e. The van der Waals surface area contributed by atoms with Crippen molar-refractivity contribution in [2.24, 2.45) is 0 Å². The van der Waals surface area contributed by atoms with E-state index in [0.717, 1.165) is 17.0 Å². The summed E-state index contributed by atoms with van der Waals surface area (Å²) in [7, 11) is 1.62. The van der Waals surface area contributed by atoms with Crippen molar-refractivity contribution in [1.29, 1.82) is 0 Å². The molecule has 0 saturated heterocycles. The first-order chi connectivity index (χ1) is 11.9. The minimum atomic E-state index is 0.158. The Balaban J connectivity index is 1.78. The molecule has 0 saturated carbocycles. The molecule has 3 rings (SSSR count). The number of nitrogens with zero attached hydrogens (tertiary/aromatic N) is 3. The molecule has 2 aromatic carbocycles. The van der Waals surface area contributed by atoms with Gasteiger partial charge in [0.2, 0.25) is 0 Å². The van der Waals surface area contributed by atoms with Crippen LogP contribution in [0.4, 0.5) is 5.69 Å². The molecule has 5 nitrogen and oxygen atoms in total. The summed E-state index contributed by atoms with van der Waals surface area (Å²) in [6, 6.07) is 14.2. The van der Waals surface area contributed by atoms with Crippen LogP contribution in [0.1, 0.15) is 31.9 Å². The molecule has 0 fully saturated rings. The molecule has 0 aliphatic heterocycles. The summed E-state index contributed by atoms with van der Waals surface area (Å²) >= 11 is 0. The molecule has 1 heterocycles. The van der Waals surface area contributed by atoms with Crippen LogP contribution in [0.5, 0.6) is 5.75 Å². The zero-order chi connectivity index (χ0) is 18.0. The molecule has 1 aromatic heterocycles. The summed E-state index contributed by atoms with van der Waals surface area (Å²) in [6.07, 6.45) is 1.91. The van der Waals surface area contributed by atoms with Crippen LogP contribution in [-0.2, 0) is 12.0 Å². The van der Waals surface area contributed by atoms with Crippen LogP contribution >= 0.6 is 0 Å². The molecule has 0 amide bonds. The van der Waals surface area contributed by atoms with E-state index in [-0.39, 0.29) is 5.41 Å². The molecule has 0 bridgehead atoms. The molecule has 0 aliphatic carbocycles. The first-order valence-electron chi connectivity index (χ1n) is 8.30. The zero-order valence-electron chi connectivity index (χ0n) is 15.2. The average Bonchev–Trinajstić information content (AvgIpc) is 3.02. The predicted octanol–water partition coefficient (Wildman–Crippen LogP) is 3.88. The van der Waals surface area contributed by atoms with Gasteiger partial charge in [0.05, 0.1) is 19.9 Å². The van der Waals surface area contributed by atoms with E-state index in [0.29, 0.717) is 12.2 Å². The monoisotopic (exact) mass is 336 g/mol. The maximum atomic E-state index is 6.09. The molecular formula is C20H24N4O. The van der Waals surface area contributed by atoms with Gasteiger partial charge in [-0.1, -0.05) is 50.3 Å². The highest BCUT2D eigenvalue weighted by Crippen LogP contribution is 2.28. The molecule has 130 valence electrons. The van der Waals surface area contributed by atoms with Gasteiger partial charge in [0, 0.05) is 17.3 Å². The Morgan fingerprint density at radius 1 is 1.08 bits per heavy atom. The third kappa shape index (κ3) is 3.82. The minimum absolute atomic E-state index is 0.158. The molecule has 5 heteroatoms. The fourth-order valence-corrected chi connectivity index (χ4v) is 2.70. The SMILES string of the molecule is COc1ccc(-c2cn(Cc3ccc(C(C)(C)C)cc3)nn2)c(N)c1. The topological polar surface area (TPSA) is 66.0 Å². The number of nitrogens with two attached hydrogens (primary N) is 1. The summed E-state index contributed by atoms with van der Waals surface area (Å²) in [5, 5.41) is 8.47. The molecule has 2 N–H and O–H groups in total.